The summed E-state index contributed by atoms with van der Waals surface area (Å²) in [7, 11) is 0. The highest BCUT2D eigenvalue weighted by molar-refractivity contribution is 5.54. The maximum atomic E-state index is 5.43. The van der Waals surface area contributed by atoms with Crippen molar-refractivity contribution in [1.82, 2.24) is 24.8 Å². The van der Waals surface area contributed by atoms with Gasteiger partial charge in [-0.3, -0.25) is 9.36 Å². The van der Waals surface area contributed by atoms with Crippen LogP contribution >= 0.6 is 0 Å². The van der Waals surface area contributed by atoms with E-state index in [-0.39, 0.29) is 0 Å². The molecule has 0 saturated heterocycles. The first-order valence-corrected chi connectivity index (χ1v) is 4.96. The predicted octanol–water partition coefficient (Wildman–Crippen LogP) is 0.120. The number of hydrogen-bond acceptors (Lipinski definition) is 4. The molecule has 6 heteroatoms. The maximum Gasteiger partial charge on any atom is 0.116 e. The van der Waals surface area contributed by atoms with Gasteiger partial charge in [0.15, 0.2) is 0 Å². The second kappa shape index (κ2) is 4.22. The average Bonchev–Trinajstić information content (AvgIpc) is 2.85. The fraction of sp³-hybridized carbons (Fsp3) is 0.444. The lowest BCUT2D eigenvalue weighted by molar-refractivity contribution is 0.598. The van der Waals surface area contributed by atoms with Crippen LogP contribution in [0.3, 0.4) is 0 Å². The van der Waals surface area contributed by atoms with E-state index in [4.69, 9.17) is 5.73 Å². The summed E-state index contributed by atoms with van der Waals surface area (Å²) in [4.78, 5) is 0. The van der Waals surface area contributed by atoms with Crippen molar-refractivity contribution in [3.8, 4) is 11.3 Å². The quantitative estimate of drug-likeness (QED) is 0.771. The van der Waals surface area contributed by atoms with Crippen molar-refractivity contribution >= 4 is 0 Å². The molecule has 0 saturated carbocycles. The van der Waals surface area contributed by atoms with Gasteiger partial charge in [0.25, 0.3) is 0 Å². The Morgan fingerprint density at radius 3 is 2.87 bits per heavy atom. The molecule has 0 aromatic carbocycles. The number of hydrogen-bond donors (Lipinski definition) is 1. The van der Waals surface area contributed by atoms with E-state index in [1.165, 1.54) is 0 Å². The van der Waals surface area contributed by atoms with Crippen molar-refractivity contribution in [3.63, 3.8) is 0 Å². The summed E-state index contributed by atoms with van der Waals surface area (Å²) in [5, 5.41) is 12.2. The summed E-state index contributed by atoms with van der Waals surface area (Å²) in [5.74, 6) is 0. The van der Waals surface area contributed by atoms with E-state index in [1.807, 2.05) is 24.0 Å². The first-order valence-electron chi connectivity index (χ1n) is 4.96. The largest absolute Gasteiger partial charge is 0.329 e. The molecule has 0 aliphatic heterocycles. The van der Waals surface area contributed by atoms with Crippen LogP contribution in [0, 0.1) is 0 Å². The molecule has 15 heavy (non-hydrogen) atoms. The molecule has 80 valence electrons. The highest BCUT2D eigenvalue weighted by atomic mass is 15.4. The van der Waals surface area contributed by atoms with Crippen molar-refractivity contribution in [3.05, 3.63) is 18.6 Å². The monoisotopic (exact) mass is 206 g/mol. The highest BCUT2D eigenvalue weighted by Crippen LogP contribution is 2.14. The first-order chi connectivity index (χ1) is 7.33. The summed E-state index contributed by atoms with van der Waals surface area (Å²) in [6.45, 7) is 4.16. The Hall–Kier alpha value is -1.69. The summed E-state index contributed by atoms with van der Waals surface area (Å²) >= 11 is 0. The molecule has 2 N–H and O–H groups in total. The lowest BCUT2D eigenvalue weighted by atomic mass is 10.3. The van der Waals surface area contributed by atoms with Gasteiger partial charge in [-0.15, -0.1) is 5.10 Å². The van der Waals surface area contributed by atoms with Gasteiger partial charge in [-0.05, 0) is 6.92 Å². The molecular formula is C9H14N6. The molecule has 0 unspecified atom stereocenters. The number of aromatic nitrogens is 5. The second-order valence-corrected chi connectivity index (χ2v) is 3.24. The Labute approximate surface area is 87.7 Å². The van der Waals surface area contributed by atoms with Crippen LogP contribution in [0.5, 0.6) is 0 Å². The average molecular weight is 206 g/mol. The smallest absolute Gasteiger partial charge is 0.116 e. The molecule has 0 amide bonds. The Morgan fingerprint density at radius 2 is 2.20 bits per heavy atom. The van der Waals surface area contributed by atoms with Crippen molar-refractivity contribution in [2.75, 3.05) is 6.54 Å². The van der Waals surface area contributed by atoms with Crippen LogP contribution < -0.4 is 5.73 Å². The van der Waals surface area contributed by atoms with E-state index in [2.05, 4.69) is 15.4 Å². The van der Waals surface area contributed by atoms with Gasteiger partial charge in [-0.1, -0.05) is 5.21 Å². The molecule has 0 spiro atoms. The molecule has 2 aromatic rings. The van der Waals surface area contributed by atoms with E-state index in [1.54, 1.807) is 10.9 Å². The van der Waals surface area contributed by atoms with Gasteiger partial charge in [-0.25, -0.2) is 0 Å². The molecule has 0 aliphatic rings. The fourth-order valence-electron chi connectivity index (χ4n) is 1.34. The predicted molar refractivity (Wildman–Crippen MR) is 56.0 cm³/mol. The minimum Gasteiger partial charge on any atom is -0.329 e. The van der Waals surface area contributed by atoms with Crippen LogP contribution in [0.2, 0.25) is 0 Å². The normalized spacial score (nSPS) is 10.8. The molecule has 0 aliphatic carbocycles. The zero-order chi connectivity index (χ0) is 10.7. The lowest BCUT2D eigenvalue weighted by Crippen LogP contribution is -2.10. The third-order valence-electron chi connectivity index (χ3n) is 2.15. The van der Waals surface area contributed by atoms with Crippen LogP contribution in [0.15, 0.2) is 18.6 Å². The molecule has 0 atom stereocenters. The van der Waals surface area contributed by atoms with E-state index in [9.17, 15) is 0 Å². The molecule has 0 radical (unpaired) electrons. The van der Waals surface area contributed by atoms with Crippen molar-refractivity contribution < 1.29 is 0 Å². The summed E-state index contributed by atoms with van der Waals surface area (Å²) < 4.78 is 3.59. The fourth-order valence-corrected chi connectivity index (χ4v) is 1.34. The maximum absolute atomic E-state index is 5.43. The summed E-state index contributed by atoms with van der Waals surface area (Å²) in [6.07, 6.45) is 5.63. The minimum absolute atomic E-state index is 0.566. The van der Waals surface area contributed by atoms with E-state index >= 15 is 0 Å². The Kier molecular flexibility index (Phi) is 2.77. The summed E-state index contributed by atoms with van der Waals surface area (Å²) in [6, 6.07) is 0. The van der Waals surface area contributed by atoms with Gasteiger partial charge in [-0.2, -0.15) is 5.10 Å². The standard InChI is InChI=1S/C9H14N6/c1-2-14-6-8(5-11-14)9-7-15(4-3-10)13-12-9/h5-7H,2-4,10H2,1H3. The van der Waals surface area contributed by atoms with Gasteiger partial charge in [0.05, 0.1) is 18.9 Å². The third kappa shape index (κ3) is 2.04. The van der Waals surface area contributed by atoms with Crippen LogP contribution in [0.25, 0.3) is 11.3 Å². The Balaban J connectivity index is 2.21. The van der Waals surface area contributed by atoms with E-state index in [0.29, 0.717) is 13.1 Å². The van der Waals surface area contributed by atoms with Gasteiger partial charge in [0, 0.05) is 24.8 Å². The zero-order valence-electron chi connectivity index (χ0n) is 8.67. The minimum atomic E-state index is 0.566. The van der Waals surface area contributed by atoms with Crippen molar-refractivity contribution in [2.24, 2.45) is 5.73 Å². The topological polar surface area (TPSA) is 74.5 Å². The van der Waals surface area contributed by atoms with Gasteiger partial charge in [0.2, 0.25) is 0 Å². The van der Waals surface area contributed by atoms with Crippen LogP contribution in [0.4, 0.5) is 0 Å². The number of nitrogens with two attached hydrogens (primary N) is 1. The van der Waals surface area contributed by atoms with Crippen LogP contribution in [0.1, 0.15) is 6.92 Å². The Bertz CT molecular complexity index is 429. The highest BCUT2D eigenvalue weighted by Gasteiger charge is 2.05. The molecular weight excluding hydrogens is 192 g/mol. The van der Waals surface area contributed by atoms with E-state index in [0.717, 1.165) is 17.8 Å². The lowest BCUT2D eigenvalue weighted by Gasteiger charge is -1.92. The molecule has 6 nitrogen and oxygen atoms in total. The summed E-state index contributed by atoms with van der Waals surface area (Å²) in [5.41, 5.74) is 7.25. The molecule has 0 fully saturated rings. The van der Waals surface area contributed by atoms with Gasteiger partial charge in [0.1, 0.15) is 5.69 Å². The van der Waals surface area contributed by atoms with Gasteiger partial charge < -0.3 is 5.73 Å². The van der Waals surface area contributed by atoms with Gasteiger partial charge >= 0.3 is 0 Å². The number of rotatable bonds is 4. The molecule has 2 rings (SSSR count). The molecule has 0 bridgehead atoms. The van der Waals surface area contributed by atoms with Crippen molar-refractivity contribution in [2.45, 2.75) is 20.0 Å². The third-order valence-corrected chi connectivity index (χ3v) is 2.15. The van der Waals surface area contributed by atoms with Crippen LogP contribution in [-0.2, 0) is 13.1 Å². The Morgan fingerprint density at radius 1 is 1.33 bits per heavy atom. The van der Waals surface area contributed by atoms with Crippen LogP contribution in [-0.4, -0.2) is 31.3 Å². The second-order valence-electron chi connectivity index (χ2n) is 3.24. The zero-order valence-corrected chi connectivity index (χ0v) is 8.67. The number of nitrogens with zero attached hydrogens (tertiary/aromatic N) is 5. The molecule has 2 heterocycles. The first kappa shape index (κ1) is 9.85. The van der Waals surface area contributed by atoms with Crippen molar-refractivity contribution in [1.29, 1.82) is 0 Å². The molecule has 2 aromatic heterocycles. The number of aryl methyl sites for hydroxylation is 1. The van der Waals surface area contributed by atoms with E-state index < -0.39 is 0 Å². The SMILES string of the molecule is CCn1cc(-c2cn(CCN)nn2)cn1.